The lowest BCUT2D eigenvalue weighted by Gasteiger charge is -2.10. The SMILES string of the molecule is Cc1sc(-c2ccccc2)cc1/C(C#C[Si](C)(C)C)=C(\C#C[Si](C)(C)C)c1cc(-c2ccccc2)sc1C. The van der Waals surface area contributed by atoms with E-state index in [1.165, 1.54) is 41.8 Å². The highest BCUT2D eigenvalue weighted by molar-refractivity contribution is 7.16. The monoisotopic (exact) mass is 564 g/mol. The lowest BCUT2D eigenvalue weighted by Crippen LogP contribution is -2.17. The molecular weight excluding hydrogens is 529 g/mol. The molecule has 2 aromatic carbocycles. The molecule has 4 heteroatoms. The van der Waals surface area contributed by atoms with Gasteiger partial charge in [-0.3, -0.25) is 0 Å². The smallest absolute Gasteiger partial charge is 0.129 e. The Bertz CT molecular complexity index is 1460. The number of aryl methyl sites for hydroxylation is 2. The van der Waals surface area contributed by atoms with Crippen LogP contribution in [0.5, 0.6) is 0 Å². The van der Waals surface area contributed by atoms with Crippen LogP contribution in [0.4, 0.5) is 0 Å². The Hall–Kier alpha value is -2.87. The zero-order valence-electron chi connectivity index (χ0n) is 23.7. The molecule has 0 saturated carbocycles. The molecule has 0 amide bonds. The predicted octanol–water partition coefficient (Wildman–Crippen LogP) is 10.4. The average molecular weight is 565 g/mol. The first-order valence-electron chi connectivity index (χ1n) is 13.0. The fourth-order valence-electron chi connectivity index (χ4n) is 3.98. The van der Waals surface area contributed by atoms with E-state index >= 15 is 0 Å². The van der Waals surface area contributed by atoms with Crippen LogP contribution in [0.2, 0.25) is 39.3 Å². The van der Waals surface area contributed by atoms with E-state index in [2.05, 4.69) is 149 Å². The van der Waals surface area contributed by atoms with Crippen molar-refractivity contribution in [2.75, 3.05) is 0 Å². The molecule has 0 radical (unpaired) electrons. The Morgan fingerprint density at radius 2 is 0.895 bits per heavy atom. The summed E-state index contributed by atoms with van der Waals surface area (Å²) in [5.41, 5.74) is 14.4. The molecule has 0 bridgehead atoms. The fraction of sp³-hybridized carbons (Fsp3) is 0.235. The highest BCUT2D eigenvalue weighted by Gasteiger charge is 2.20. The number of benzene rings is 2. The quantitative estimate of drug-likeness (QED) is 0.171. The molecule has 0 nitrogen and oxygen atoms in total. The van der Waals surface area contributed by atoms with E-state index in [0.717, 1.165) is 11.1 Å². The summed E-state index contributed by atoms with van der Waals surface area (Å²) in [5.74, 6) is 7.42. The van der Waals surface area contributed by atoms with E-state index in [1.54, 1.807) is 0 Å². The van der Waals surface area contributed by atoms with Gasteiger partial charge in [-0.15, -0.1) is 33.8 Å². The van der Waals surface area contributed by atoms with Crippen LogP contribution < -0.4 is 0 Å². The van der Waals surface area contributed by atoms with Crippen LogP contribution in [-0.4, -0.2) is 16.1 Å². The van der Waals surface area contributed by atoms with Gasteiger partial charge in [0.15, 0.2) is 0 Å². The minimum absolute atomic E-state index is 1.08. The van der Waals surface area contributed by atoms with Gasteiger partial charge in [0, 0.05) is 41.8 Å². The third-order valence-electron chi connectivity index (χ3n) is 5.87. The molecule has 0 fully saturated rings. The van der Waals surface area contributed by atoms with Crippen LogP contribution >= 0.6 is 22.7 Å². The summed E-state index contributed by atoms with van der Waals surface area (Å²) in [7, 11) is -3.25. The first-order valence-corrected chi connectivity index (χ1v) is 21.7. The molecule has 0 aliphatic carbocycles. The van der Waals surface area contributed by atoms with Gasteiger partial charge in [-0.2, -0.15) is 0 Å². The third kappa shape index (κ3) is 7.16. The van der Waals surface area contributed by atoms with Crippen molar-refractivity contribution in [3.63, 3.8) is 0 Å². The Kier molecular flexibility index (Phi) is 8.50. The van der Waals surface area contributed by atoms with Gasteiger partial charge in [-0.1, -0.05) is 112 Å². The van der Waals surface area contributed by atoms with Gasteiger partial charge in [0.05, 0.1) is 0 Å². The normalized spacial score (nSPS) is 12.2. The van der Waals surface area contributed by atoms with E-state index in [9.17, 15) is 0 Å². The lowest BCUT2D eigenvalue weighted by molar-refractivity contribution is 1.55. The highest BCUT2D eigenvalue weighted by atomic mass is 32.1. The van der Waals surface area contributed by atoms with Crippen molar-refractivity contribution >= 4 is 50.0 Å². The van der Waals surface area contributed by atoms with E-state index in [0.29, 0.717) is 0 Å². The summed E-state index contributed by atoms with van der Waals surface area (Å²) in [4.78, 5) is 5.12. The maximum Gasteiger partial charge on any atom is 0.129 e. The van der Waals surface area contributed by atoms with Gasteiger partial charge in [-0.25, -0.2) is 0 Å². The van der Waals surface area contributed by atoms with Gasteiger partial charge in [0.1, 0.15) is 16.1 Å². The minimum atomic E-state index is -1.62. The average Bonchev–Trinajstić information content (AvgIpc) is 3.43. The first-order chi connectivity index (χ1) is 17.9. The molecule has 2 aromatic heterocycles. The largest absolute Gasteiger partial charge is 0.140 e. The van der Waals surface area contributed by atoms with Crippen LogP contribution in [-0.2, 0) is 0 Å². The predicted molar refractivity (Wildman–Crippen MR) is 178 cm³/mol. The molecule has 4 aromatic rings. The molecule has 0 unspecified atom stereocenters. The van der Waals surface area contributed by atoms with E-state index in [1.807, 2.05) is 22.7 Å². The molecule has 2 heterocycles. The zero-order valence-corrected chi connectivity index (χ0v) is 27.4. The van der Waals surface area contributed by atoms with Crippen molar-refractivity contribution in [2.24, 2.45) is 0 Å². The Morgan fingerprint density at radius 1 is 0.553 bits per heavy atom. The van der Waals surface area contributed by atoms with Crippen molar-refractivity contribution in [3.8, 4) is 43.8 Å². The number of rotatable bonds is 4. The molecule has 0 saturated heterocycles. The summed E-state index contributed by atoms with van der Waals surface area (Å²) >= 11 is 3.69. The molecule has 0 aliphatic rings. The fourth-order valence-corrected chi connectivity index (χ4v) is 7.04. The second-order valence-corrected chi connectivity index (χ2v) is 23.7. The van der Waals surface area contributed by atoms with Crippen molar-refractivity contribution in [1.82, 2.24) is 0 Å². The maximum absolute atomic E-state index is 3.71. The summed E-state index contributed by atoms with van der Waals surface area (Å²) in [6.45, 7) is 18.3. The maximum atomic E-state index is 3.71. The van der Waals surface area contributed by atoms with E-state index < -0.39 is 16.1 Å². The van der Waals surface area contributed by atoms with Crippen LogP contribution in [0.15, 0.2) is 72.8 Å². The van der Waals surface area contributed by atoms with E-state index in [4.69, 9.17) is 0 Å². The van der Waals surface area contributed by atoms with Gasteiger partial charge >= 0.3 is 0 Å². The number of thiophene rings is 2. The summed E-state index contributed by atoms with van der Waals surface area (Å²) in [5, 5.41) is 0. The Balaban J connectivity index is 2.03. The Labute approximate surface area is 239 Å². The standard InChI is InChI=1S/C34H36S2Si2/c1-25-31(23-33(35-25)27-15-11-9-12-16-27)29(19-21-37(3,4)5)30(20-22-38(6,7)8)32-24-34(36-26(32)2)28-17-13-10-14-18-28/h9-18,23-24H,1-8H3/b30-29+. The topological polar surface area (TPSA) is 0 Å². The van der Waals surface area contributed by atoms with Crippen LogP contribution in [0, 0.1) is 36.8 Å². The van der Waals surface area contributed by atoms with Gasteiger partial charge in [0.2, 0.25) is 0 Å². The molecule has 38 heavy (non-hydrogen) atoms. The Morgan fingerprint density at radius 3 is 1.21 bits per heavy atom. The molecule has 0 atom stereocenters. The number of allylic oxidation sites excluding steroid dienone is 2. The highest BCUT2D eigenvalue weighted by Crippen LogP contribution is 2.40. The molecular formula is C34H36S2Si2. The van der Waals surface area contributed by atoms with Crippen LogP contribution in [0.3, 0.4) is 0 Å². The van der Waals surface area contributed by atoms with E-state index in [-0.39, 0.29) is 0 Å². The second-order valence-electron chi connectivity index (χ2n) is 11.6. The van der Waals surface area contributed by atoms with Crippen molar-refractivity contribution in [1.29, 1.82) is 0 Å². The molecule has 0 spiro atoms. The van der Waals surface area contributed by atoms with Gasteiger partial charge in [0.25, 0.3) is 0 Å². The van der Waals surface area contributed by atoms with Gasteiger partial charge in [-0.05, 0) is 37.1 Å². The number of hydrogen-bond donors (Lipinski definition) is 0. The van der Waals surface area contributed by atoms with Crippen molar-refractivity contribution in [3.05, 3.63) is 93.7 Å². The van der Waals surface area contributed by atoms with Gasteiger partial charge < -0.3 is 0 Å². The van der Waals surface area contributed by atoms with Crippen molar-refractivity contribution < 1.29 is 0 Å². The number of hydrogen-bond acceptors (Lipinski definition) is 2. The molecule has 192 valence electrons. The minimum Gasteiger partial charge on any atom is -0.140 e. The first kappa shape index (κ1) is 28.1. The van der Waals surface area contributed by atoms with Crippen LogP contribution in [0.25, 0.3) is 32.0 Å². The van der Waals surface area contributed by atoms with Crippen molar-refractivity contribution in [2.45, 2.75) is 53.1 Å². The third-order valence-corrected chi connectivity index (χ3v) is 9.81. The zero-order chi connectivity index (χ0) is 27.5. The second kappa shape index (κ2) is 11.5. The summed E-state index contributed by atoms with van der Waals surface area (Å²) < 4.78 is 0. The molecule has 4 rings (SSSR count). The van der Waals surface area contributed by atoms with Crippen LogP contribution in [0.1, 0.15) is 20.9 Å². The summed E-state index contributed by atoms with van der Waals surface area (Å²) in [6, 6.07) is 26.0. The lowest BCUT2D eigenvalue weighted by atomic mass is 9.95. The molecule has 0 aliphatic heterocycles. The molecule has 0 N–H and O–H groups in total. The summed E-state index contributed by atoms with van der Waals surface area (Å²) in [6.07, 6.45) is 0.